The minimum absolute atomic E-state index is 0. The summed E-state index contributed by atoms with van der Waals surface area (Å²) in [6.45, 7) is 21.3. The van der Waals surface area contributed by atoms with Gasteiger partial charge in [0.1, 0.15) is 11.6 Å². The summed E-state index contributed by atoms with van der Waals surface area (Å²) in [5.74, 6) is 0.599. The summed E-state index contributed by atoms with van der Waals surface area (Å²) in [6.07, 6.45) is 1.87. The first-order valence-electron chi connectivity index (χ1n) is 24.8. The standard InChI is InChI=1S/C63H62N3O.Pt/c1-39-31-41(3)59(67)54(32-39)60-65-58-51(46-34-47(36-50(35-46)63(10,11)12)55-37-45(29-30-64-55)42-21-25-48(26-22-42)61(4,5)6)19-16-20-56(58)66(60)57-33-40(2)52(43-17-14-13-15-18-43)38-53(57)44-23-27-49(28-24-44)62(7,8)9;/h13-33,35-38,67H,1-12H3;/q-1;/i2D3;. The molecule has 0 radical (unpaired) electrons. The van der Waals surface area contributed by atoms with Gasteiger partial charge in [-0.05, 0) is 123 Å². The number of fused-ring (bicyclic) bond motifs is 1. The number of phenols is 1. The van der Waals surface area contributed by atoms with Crippen LogP contribution in [0.1, 0.15) is 99.8 Å². The Kier molecular flexibility index (Phi) is 11.9. The maximum atomic E-state index is 12.0. The van der Waals surface area contributed by atoms with Crippen LogP contribution in [0.5, 0.6) is 5.75 Å². The molecule has 0 aliphatic heterocycles. The number of aromatic nitrogens is 3. The molecule has 4 nitrogen and oxygen atoms in total. The Morgan fingerprint density at radius 1 is 0.529 bits per heavy atom. The largest absolute Gasteiger partial charge is 0.507 e. The second-order valence-electron chi connectivity index (χ2n) is 21.2. The number of nitrogens with zero attached hydrogens (tertiary/aromatic N) is 3. The third-order valence-corrected chi connectivity index (χ3v) is 13.0. The van der Waals surface area contributed by atoms with Crippen LogP contribution in [0.2, 0.25) is 0 Å². The Balaban J connectivity index is 0.00000676. The molecule has 1 N–H and O–H groups in total. The molecule has 0 amide bonds. The molecule has 2 heterocycles. The molecule has 0 aliphatic rings. The van der Waals surface area contributed by atoms with Crippen LogP contribution in [0.3, 0.4) is 0 Å². The molecule has 7 aromatic carbocycles. The van der Waals surface area contributed by atoms with Gasteiger partial charge in [0.05, 0.1) is 22.3 Å². The number of benzene rings is 7. The average molecular weight is 1080 g/mol. The van der Waals surface area contributed by atoms with Crippen LogP contribution in [0.4, 0.5) is 0 Å². The Bertz CT molecular complexity index is 3420. The third kappa shape index (κ3) is 9.41. The summed E-state index contributed by atoms with van der Waals surface area (Å²) in [5.41, 5.74) is 16.5. The van der Waals surface area contributed by atoms with Gasteiger partial charge in [0, 0.05) is 42.6 Å². The maximum absolute atomic E-state index is 12.0. The second kappa shape index (κ2) is 18.3. The number of pyridine rings is 1. The summed E-state index contributed by atoms with van der Waals surface area (Å²) >= 11 is 0. The number of para-hydroxylation sites is 1. The number of hydrogen-bond acceptors (Lipinski definition) is 3. The van der Waals surface area contributed by atoms with Gasteiger partial charge in [-0.3, -0.25) is 9.55 Å². The molecule has 68 heavy (non-hydrogen) atoms. The van der Waals surface area contributed by atoms with E-state index in [1.807, 2.05) is 91.3 Å². The molecule has 0 aliphatic carbocycles. The number of aryl methyl sites for hydroxylation is 3. The van der Waals surface area contributed by atoms with E-state index in [0.717, 1.165) is 66.8 Å². The quantitative estimate of drug-likeness (QED) is 0.162. The molecule has 346 valence electrons. The first-order valence-corrected chi connectivity index (χ1v) is 23.3. The molecular weight excluding hydrogens is 1010 g/mol. The summed E-state index contributed by atoms with van der Waals surface area (Å²) in [4.78, 5) is 10.5. The topological polar surface area (TPSA) is 50.9 Å². The van der Waals surface area contributed by atoms with Crippen LogP contribution in [-0.4, -0.2) is 19.6 Å². The zero-order valence-corrected chi connectivity index (χ0v) is 43.3. The molecule has 0 fully saturated rings. The van der Waals surface area contributed by atoms with Gasteiger partial charge in [-0.25, -0.2) is 4.98 Å². The fourth-order valence-corrected chi connectivity index (χ4v) is 9.09. The van der Waals surface area contributed by atoms with E-state index in [2.05, 4.69) is 147 Å². The minimum atomic E-state index is -2.47. The molecule has 0 saturated heterocycles. The second-order valence-corrected chi connectivity index (χ2v) is 21.2. The van der Waals surface area contributed by atoms with Crippen molar-refractivity contribution in [3.63, 3.8) is 0 Å². The predicted molar refractivity (Wildman–Crippen MR) is 282 cm³/mol. The van der Waals surface area contributed by atoms with Crippen LogP contribution < -0.4 is 0 Å². The van der Waals surface area contributed by atoms with E-state index in [4.69, 9.17) is 14.1 Å². The van der Waals surface area contributed by atoms with Crippen molar-refractivity contribution in [1.82, 2.24) is 14.5 Å². The van der Waals surface area contributed by atoms with Gasteiger partial charge in [0.2, 0.25) is 0 Å². The number of imidazole rings is 1. The van der Waals surface area contributed by atoms with Crippen LogP contribution in [-0.2, 0) is 37.3 Å². The normalized spacial score (nSPS) is 12.9. The summed E-state index contributed by atoms with van der Waals surface area (Å²) < 4.78 is 29.0. The summed E-state index contributed by atoms with van der Waals surface area (Å²) in [6, 6.07) is 53.4. The molecule has 0 saturated carbocycles. The van der Waals surface area contributed by atoms with Crippen molar-refractivity contribution in [2.75, 3.05) is 0 Å². The molecule has 0 unspecified atom stereocenters. The van der Waals surface area contributed by atoms with E-state index >= 15 is 0 Å². The predicted octanol–water partition coefficient (Wildman–Crippen LogP) is 16.7. The molecule has 2 aromatic heterocycles. The van der Waals surface area contributed by atoms with Crippen LogP contribution >= 0.6 is 0 Å². The minimum Gasteiger partial charge on any atom is -0.507 e. The van der Waals surface area contributed by atoms with Crippen molar-refractivity contribution in [1.29, 1.82) is 0 Å². The zero-order chi connectivity index (χ0) is 50.1. The smallest absolute Gasteiger partial charge is 0.148 e. The van der Waals surface area contributed by atoms with Crippen molar-refractivity contribution in [2.24, 2.45) is 0 Å². The van der Waals surface area contributed by atoms with Gasteiger partial charge in [-0.15, -0.1) is 29.3 Å². The fourth-order valence-electron chi connectivity index (χ4n) is 9.09. The van der Waals surface area contributed by atoms with Gasteiger partial charge in [-0.1, -0.05) is 177 Å². The van der Waals surface area contributed by atoms with E-state index in [-0.39, 0.29) is 48.6 Å². The van der Waals surface area contributed by atoms with E-state index in [9.17, 15) is 5.11 Å². The number of phenolic OH excluding ortho intramolecular Hbond substituents is 1. The number of aromatic hydroxyl groups is 1. The third-order valence-electron chi connectivity index (χ3n) is 13.0. The van der Waals surface area contributed by atoms with Crippen LogP contribution in [0.15, 0.2) is 152 Å². The van der Waals surface area contributed by atoms with Crippen molar-refractivity contribution in [3.05, 3.63) is 191 Å². The SMILES string of the molecule is [2H]C([2H])([2H])c1cc(-n2c(-c3cc(C)cc(C)c3O)nc3c(-c4[c-]c(-c5cc(-c6ccc(C(C)(C)C)cc6)ccn5)cc(C(C)(C)C)c4)cccc32)c(-c2ccc(C(C)(C)C)cc2)cc1-c1ccccc1.[Pt]. The van der Waals surface area contributed by atoms with E-state index < -0.39 is 6.85 Å². The average Bonchev–Trinajstić information content (AvgIpc) is 3.71. The Hall–Kier alpha value is -6.35. The molecule has 9 rings (SSSR count). The van der Waals surface area contributed by atoms with Gasteiger partial charge < -0.3 is 5.11 Å². The van der Waals surface area contributed by atoms with Crippen LogP contribution in [0, 0.1) is 26.8 Å². The van der Waals surface area contributed by atoms with E-state index in [1.165, 1.54) is 11.1 Å². The van der Waals surface area contributed by atoms with Crippen LogP contribution in [0.25, 0.3) is 83.9 Å². The molecule has 0 spiro atoms. The van der Waals surface area contributed by atoms with Crippen molar-refractivity contribution < 1.29 is 30.3 Å². The fraction of sp³-hybridized carbons (Fsp3) is 0.238. The first kappa shape index (κ1) is 44.2. The Labute approximate surface area is 422 Å². The van der Waals surface area contributed by atoms with Crippen molar-refractivity contribution in [3.8, 4) is 78.6 Å². The van der Waals surface area contributed by atoms with Gasteiger partial charge in [-0.2, -0.15) is 0 Å². The molecule has 0 bridgehead atoms. The molecular formula is C63H62N3OPt-. The molecule has 0 atom stereocenters. The summed E-state index contributed by atoms with van der Waals surface area (Å²) in [7, 11) is 0. The van der Waals surface area contributed by atoms with Gasteiger partial charge in [0.15, 0.2) is 0 Å². The molecule has 5 heteroatoms. The zero-order valence-electron chi connectivity index (χ0n) is 44.0. The van der Waals surface area contributed by atoms with E-state index in [1.54, 1.807) is 0 Å². The van der Waals surface area contributed by atoms with Crippen molar-refractivity contribution in [2.45, 2.75) is 99.3 Å². The van der Waals surface area contributed by atoms with Gasteiger partial charge in [0.25, 0.3) is 0 Å². The number of hydrogen-bond donors (Lipinski definition) is 1. The Morgan fingerprint density at radius 3 is 1.78 bits per heavy atom. The monoisotopic (exact) mass is 1070 g/mol. The molecule has 9 aromatic rings. The Morgan fingerprint density at radius 2 is 1.15 bits per heavy atom. The van der Waals surface area contributed by atoms with E-state index in [0.29, 0.717) is 33.7 Å². The van der Waals surface area contributed by atoms with Crippen molar-refractivity contribution >= 4 is 11.0 Å². The first-order chi connectivity index (χ1) is 33.0. The maximum Gasteiger partial charge on any atom is 0.148 e. The summed E-state index contributed by atoms with van der Waals surface area (Å²) in [5, 5.41) is 12.0. The van der Waals surface area contributed by atoms with Gasteiger partial charge >= 0.3 is 0 Å². The number of rotatable bonds is 7.